The number of hydrogen-bond donors (Lipinski definition) is 2. The van der Waals surface area contributed by atoms with Crippen LogP contribution >= 0.6 is 0 Å². The van der Waals surface area contributed by atoms with Crippen LogP contribution in [0.25, 0.3) is 0 Å². The summed E-state index contributed by atoms with van der Waals surface area (Å²) >= 11 is 0. The Kier molecular flexibility index (Phi) is 8.20. The molecule has 2 fully saturated rings. The number of hydrogen-bond acceptors (Lipinski definition) is 8. The second kappa shape index (κ2) is 12.7. The zero-order valence-electron chi connectivity index (χ0n) is 26.1. The number of nitrogens with zero attached hydrogens (tertiary/aromatic N) is 4. The van der Waals surface area contributed by atoms with E-state index >= 15 is 0 Å². The van der Waals surface area contributed by atoms with Gasteiger partial charge in [0.1, 0.15) is 17.7 Å². The molecule has 2 unspecified atom stereocenters. The molecule has 0 amide bonds. The van der Waals surface area contributed by atoms with Crippen LogP contribution < -0.4 is 15.0 Å². The Bertz CT molecular complexity index is 1690. The zero-order valence-corrected chi connectivity index (χ0v) is 26.1. The van der Waals surface area contributed by atoms with E-state index in [0.29, 0.717) is 22.8 Å². The van der Waals surface area contributed by atoms with Gasteiger partial charge in [-0.1, -0.05) is 91.0 Å². The van der Waals surface area contributed by atoms with E-state index in [9.17, 15) is 5.41 Å². The van der Waals surface area contributed by atoms with Crippen LogP contribution in [0.5, 0.6) is 5.88 Å². The topological polar surface area (TPSA) is 96.2 Å². The minimum atomic E-state index is -0.801. The molecule has 2 atom stereocenters. The first-order valence-electron chi connectivity index (χ1n) is 15.9. The first-order chi connectivity index (χ1) is 22.5. The molecule has 8 nitrogen and oxygen atoms in total. The molecule has 2 aliphatic rings. The lowest BCUT2D eigenvalue weighted by Gasteiger charge is -2.38. The Morgan fingerprint density at radius 1 is 0.826 bits per heavy atom. The van der Waals surface area contributed by atoms with Crippen LogP contribution in [-0.2, 0) is 10.3 Å². The third kappa shape index (κ3) is 5.84. The summed E-state index contributed by atoms with van der Waals surface area (Å²) in [7, 11) is 0. The van der Waals surface area contributed by atoms with Gasteiger partial charge in [0.25, 0.3) is 0 Å². The molecule has 8 heteroatoms. The maximum Gasteiger partial charge on any atom is 0.214 e. The van der Waals surface area contributed by atoms with Gasteiger partial charge in [-0.15, -0.1) is 0 Å². The summed E-state index contributed by atoms with van der Waals surface area (Å²) in [5.74, 6) is 1.26. The molecule has 2 N–H and O–H groups in total. The zero-order chi connectivity index (χ0) is 31.5. The summed E-state index contributed by atoms with van der Waals surface area (Å²) in [5.41, 5.74) is 4.45. The van der Waals surface area contributed by atoms with Crippen molar-refractivity contribution < 1.29 is 9.47 Å². The first-order valence-corrected chi connectivity index (χ1v) is 15.9. The van der Waals surface area contributed by atoms with Crippen molar-refractivity contribution in [2.75, 3.05) is 23.3 Å². The second-order valence-corrected chi connectivity index (χ2v) is 12.2. The van der Waals surface area contributed by atoms with Gasteiger partial charge in [-0.2, -0.15) is 0 Å². The summed E-state index contributed by atoms with van der Waals surface area (Å²) in [6.45, 7) is 5.53. The highest BCUT2D eigenvalue weighted by Gasteiger charge is 2.38. The maximum absolute atomic E-state index is 9.56. The normalized spacial score (nSPS) is 17.6. The molecule has 7 rings (SSSR count). The van der Waals surface area contributed by atoms with E-state index in [1.165, 1.54) is 0 Å². The number of aromatic nitrogens is 3. The summed E-state index contributed by atoms with van der Waals surface area (Å²) in [6.07, 6.45) is 5.85. The van der Waals surface area contributed by atoms with Crippen molar-refractivity contribution in [1.82, 2.24) is 15.0 Å². The van der Waals surface area contributed by atoms with Gasteiger partial charge in [0.2, 0.25) is 5.88 Å². The molecule has 0 spiro atoms. The quantitative estimate of drug-likeness (QED) is 0.132. The van der Waals surface area contributed by atoms with Crippen LogP contribution in [0.2, 0.25) is 0 Å². The first kappa shape index (κ1) is 29.6. The van der Waals surface area contributed by atoms with Gasteiger partial charge in [0, 0.05) is 30.8 Å². The molecular weight excluding hydrogens is 572 g/mol. The van der Waals surface area contributed by atoms with Gasteiger partial charge < -0.3 is 19.7 Å². The van der Waals surface area contributed by atoms with Crippen molar-refractivity contribution in [3.05, 3.63) is 144 Å². The van der Waals surface area contributed by atoms with Crippen LogP contribution in [-0.4, -0.2) is 52.1 Å². The lowest BCUT2D eigenvalue weighted by atomic mass is 9.76. The maximum atomic E-state index is 9.56. The molecule has 3 aromatic carbocycles. The molecule has 0 aliphatic carbocycles. The number of nitrogens with one attached hydrogen (secondary N) is 2. The molecule has 0 radical (unpaired) electrons. The Morgan fingerprint density at radius 2 is 1.39 bits per heavy atom. The third-order valence-electron chi connectivity index (χ3n) is 8.72. The minimum Gasteiger partial charge on any atom is -0.475 e. The molecule has 2 saturated heterocycles. The number of morpholine rings is 1. The van der Waals surface area contributed by atoms with Crippen LogP contribution in [0, 0.1) is 5.41 Å². The minimum absolute atomic E-state index is 0.0762. The third-order valence-corrected chi connectivity index (χ3v) is 8.72. The van der Waals surface area contributed by atoms with E-state index < -0.39 is 5.54 Å². The van der Waals surface area contributed by atoms with E-state index in [2.05, 4.69) is 93.0 Å². The van der Waals surface area contributed by atoms with Crippen LogP contribution in [0.15, 0.2) is 116 Å². The number of ether oxygens (including phenoxy) is 2. The van der Waals surface area contributed by atoms with Gasteiger partial charge >= 0.3 is 0 Å². The molecule has 2 bridgehead atoms. The van der Waals surface area contributed by atoms with Crippen molar-refractivity contribution in [1.29, 1.82) is 5.41 Å². The van der Waals surface area contributed by atoms with Gasteiger partial charge in [-0.3, -0.25) is 5.41 Å². The molecule has 0 saturated carbocycles. The molecular formula is C38H38N6O2. The van der Waals surface area contributed by atoms with Crippen LogP contribution in [0.4, 0.5) is 11.5 Å². The van der Waals surface area contributed by atoms with Gasteiger partial charge in [0.05, 0.1) is 41.6 Å². The molecule has 46 heavy (non-hydrogen) atoms. The van der Waals surface area contributed by atoms with Crippen molar-refractivity contribution >= 4 is 17.2 Å². The fourth-order valence-corrected chi connectivity index (χ4v) is 6.63. The number of rotatable bonds is 10. The van der Waals surface area contributed by atoms with Crippen LogP contribution in [0.3, 0.4) is 0 Å². The predicted molar refractivity (Wildman–Crippen MR) is 181 cm³/mol. The number of anilines is 2. The lowest BCUT2D eigenvalue weighted by Crippen LogP contribution is -2.43. The highest BCUT2D eigenvalue weighted by molar-refractivity contribution is 6.13. The molecule has 4 heterocycles. The van der Waals surface area contributed by atoms with Crippen molar-refractivity contribution in [2.45, 2.75) is 50.5 Å². The number of pyridine rings is 1. The fourth-order valence-electron chi connectivity index (χ4n) is 6.63. The molecule has 5 aromatic rings. The van der Waals surface area contributed by atoms with Gasteiger partial charge in [-0.25, -0.2) is 15.0 Å². The van der Waals surface area contributed by atoms with Gasteiger partial charge in [0.15, 0.2) is 0 Å². The van der Waals surface area contributed by atoms with Crippen LogP contribution in [0.1, 0.15) is 54.6 Å². The van der Waals surface area contributed by atoms with Crippen molar-refractivity contribution in [3.63, 3.8) is 0 Å². The lowest BCUT2D eigenvalue weighted by molar-refractivity contribution is 0.0302. The average Bonchev–Trinajstić information content (AvgIpc) is 3.45. The summed E-state index contributed by atoms with van der Waals surface area (Å²) in [6, 6.07) is 35.0. The number of benzene rings is 3. The van der Waals surface area contributed by atoms with Crippen molar-refractivity contribution in [3.8, 4) is 5.88 Å². The van der Waals surface area contributed by atoms with Gasteiger partial charge in [-0.05, 0) is 43.4 Å². The van der Waals surface area contributed by atoms with E-state index in [4.69, 9.17) is 14.5 Å². The highest BCUT2D eigenvalue weighted by Crippen LogP contribution is 2.41. The Hall–Kier alpha value is -5.08. The smallest absolute Gasteiger partial charge is 0.214 e. The monoisotopic (exact) mass is 610 g/mol. The van der Waals surface area contributed by atoms with E-state index in [1.807, 2.05) is 44.2 Å². The SMILES string of the molecule is CC(C)Oc1cc(C(=N)c2cc(N3CC4CCC(C3)O4)ncn2)c(NC(c2ccccc2)(c2ccccc2)c2ccccc2)cn1. The summed E-state index contributed by atoms with van der Waals surface area (Å²) < 4.78 is 12.1. The Balaban J connectivity index is 1.35. The Labute approximate surface area is 270 Å². The average molecular weight is 611 g/mol. The highest BCUT2D eigenvalue weighted by atomic mass is 16.5. The summed E-state index contributed by atoms with van der Waals surface area (Å²) in [5, 5.41) is 13.5. The molecule has 232 valence electrons. The molecule has 2 aliphatic heterocycles. The Morgan fingerprint density at radius 3 is 1.93 bits per heavy atom. The predicted octanol–water partition coefficient (Wildman–Crippen LogP) is 6.85. The van der Waals surface area contributed by atoms with Crippen molar-refractivity contribution in [2.24, 2.45) is 0 Å². The number of fused-ring (bicyclic) bond motifs is 2. The van der Waals surface area contributed by atoms with E-state index in [-0.39, 0.29) is 24.0 Å². The largest absolute Gasteiger partial charge is 0.475 e. The fraction of sp³-hybridized carbons (Fsp3) is 0.263. The summed E-state index contributed by atoms with van der Waals surface area (Å²) in [4.78, 5) is 16.1. The van der Waals surface area contributed by atoms with E-state index in [1.54, 1.807) is 12.5 Å². The molecule has 2 aromatic heterocycles. The van der Waals surface area contributed by atoms with E-state index in [0.717, 1.165) is 48.4 Å². The second-order valence-electron chi connectivity index (χ2n) is 12.2. The standard InChI is InChI=1S/C38H38N6O2/c1-26(2)45-36-20-32(37(39)33-21-35(42-25-41-33)44-23-30-18-19-31(24-44)46-30)34(22-40-36)43-38(27-12-6-3-7-13-27,28-14-8-4-9-15-28)29-16-10-5-11-17-29/h3-17,20-22,25-26,30-31,39,43H,18-19,23-24H2,1-2H3.